The van der Waals surface area contributed by atoms with Gasteiger partial charge in [-0.15, -0.1) is 0 Å². The summed E-state index contributed by atoms with van der Waals surface area (Å²) in [6.45, 7) is 0. The number of hydrogen-bond donors (Lipinski definition) is 0. The molecule has 2 aromatic carbocycles. The van der Waals surface area contributed by atoms with Crippen LogP contribution in [-0.2, 0) is 11.3 Å². The van der Waals surface area contributed by atoms with Crippen LogP contribution in [0, 0.1) is 21.7 Å². The van der Waals surface area contributed by atoms with E-state index in [0.29, 0.717) is 48.2 Å². The fourth-order valence-electron chi connectivity index (χ4n) is 2.99. The summed E-state index contributed by atoms with van der Waals surface area (Å²) >= 11 is 5.74. The highest BCUT2D eigenvalue weighted by atomic mass is 35.5. The lowest BCUT2D eigenvalue weighted by atomic mass is 9.88. The lowest BCUT2D eigenvalue weighted by molar-refractivity contribution is -0.386. The third-order valence-corrected chi connectivity index (χ3v) is 4.58. The molecule has 0 spiro atoms. The number of methoxy groups -OCH3 is 1. The second-order valence-electron chi connectivity index (χ2n) is 5.92. The average Bonchev–Trinajstić information content (AvgIpc) is 2.67. The van der Waals surface area contributed by atoms with Gasteiger partial charge >= 0.3 is 11.7 Å². The predicted molar refractivity (Wildman–Crippen MR) is 95.9 cm³/mol. The molecule has 0 fully saturated rings. The van der Waals surface area contributed by atoms with Crippen molar-refractivity contribution < 1.29 is 28.1 Å². The van der Waals surface area contributed by atoms with E-state index in [1.165, 1.54) is 13.2 Å². The van der Waals surface area contributed by atoms with Gasteiger partial charge in [0.25, 0.3) is 0 Å². The number of halogens is 3. The fourth-order valence-corrected chi connectivity index (χ4v) is 3.22. The van der Waals surface area contributed by atoms with Gasteiger partial charge in [0.15, 0.2) is 17.4 Å². The van der Waals surface area contributed by atoms with Gasteiger partial charge in [-0.25, -0.2) is 13.6 Å². The Balaban J connectivity index is 1.94. The van der Waals surface area contributed by atoms with E-state index in [9.17, 15) is 23.7 Å². The van der Waals surface area contributed by atoms with Crippen LogP contribution in [0.25, 0.3) is 0 Å². The van der Waals surface area contributed by atoms with E-state index in [1.54, 1.807) is 6.07 Å². The van der Waals surface area contributed by atoms with Crippen LogP contribution in [0.15, 0.2) is 29.4 Å². The largest absolute Gasteiger partial charge is 0.490 e. The van der Waals surface area contributed by atoms with Crippen molar-refractivity contribution in [1.82, 2.24) is 0 Å². The highest BCUT2D eigenvalue weighted by Crippen LogP contribution is 2.37. The molecule has 10 heteroatoms. The smallest absolute Gasteiger partial charge is 0.367 e. The number of oxime groups is 1. The molecule has 0 saturated carbocycles. The van der Waals surface area contributed by atoms with Crippen molar-refractivity contribution in [2.75, 3.05) is 7.11 Å². The molecule has 0 heterocycles. The first-order valence-electron chi connectivity index (χ1n) is 8.10. The summed E-state index contributed by atoms with van der Waals surface area (Å²) in [4.78, 5) is 27.9. The molecule has 146 valence electrons. The average molecular weight is 411 g/mol. The van der Waals surface area contributed by atoms with Crippen LogP contribution >= 0.6 is 11.6 Å². The Bertz CT molecular complexity index is 1010. The molecule has 0 amide bonds. The fraction of sp³-hybridized carbons (Fsp3) is 0.222. The normalized spacial score (nSPS) is 14.5. The van der Waals surface area contributed by atoms with E-state index in [4.69, 9.17) is 21.2 Å². The van der Waals surface area contributed by atoms with Gasteiger partial charge in [-0.3, -0.25) is 10.1 Å². The highest BCUT2D eigenvalue weighted by molar-refractivity contribution is 6.33. The molecule has 0 unspecified atom stereocenters. The molecule has 0 N–H and O–H groups in total. The number of carbonyl (C=O) groups excluding carboxylic acids is 1. The Hall–Kier alpha value is -3.07. The van der Waals surface area contributed by atoms with Crippen LogP contribution in [0.1, 0.15) is 34.3 Å². The van der Waals surface area contributed by atoms with Gasteiger partial charge < -0.3 is 9.57 Å². The number of ether oxygens (including phenoxy) is 1. The minimum absolute atomic E-state index is 0.121. The molecule has 0 saturated heterocycles. The summed E-state index contributed by atoms with van der Waals surface area (Å²) in [7, 11) is 1.33. The summed E-state index contributed by atoms with van der Waals surface area (Å²) < 4.78 is 31.5. The van der Waals surface area contributed by atoms with E-state index in [-0.39, 0.29) is 22.0 Å². The molecule has 1 aliphatic rings. The maximum absolute atomic E-state index is 13.4. The quantitative estimate of drug-likeness (QED) is 0.322. The van der Waals surface area contributed by atoms with Crippen molar-refractivity contribution in [2.45, 2.75) is 19.3 Å². The number of rotatable bonds is 4. The Kier molecular flexibility index (Phi) is 5.55. The number of benzene rings is 2. The molecule has 2 aromatic rings. The van der Waals surface area contributed by atoms with Crippen molar-refractivity contribution in [1.29, 1.82) is 0 Å². The van der Waals surface area contributed by atoms with E-state index < -0.39 is 22.5 Å². The van der Waals surface area contributed by atoms with Gasteiger partial charge in [-0.1, -0.05) is 16.8 Å². The monoisotopic (exact) mass is 410 g/mol. The number of hydrogen-bond acceptors (Lipinski definition) is 6. The minimum Gasteiger partial charge on any atom is -0.490 e. The van der Waals surface area contributed by atoms with Gasteiger partial charge in [-0.2, -0.15) is 0 Å². The molecule has 0 radical (unpaired) electrons. The van der Waals surface area contributed by atoms with Crippen molar-refractivity contribution in [3.8, 4) is 5.75 Å². The molecule has 0 aliphatic heterocycles. The lowest BCUT2D eigenvalue weighted by Gasteiger charge is -2.18. The summed E-state index contributed by atoms with van der Waals surface area (Å²) in [5.41, 5.74) is 0.655. The third kappa shape index (κ3) is 3.65. The number of nitro groups is 1. The standard InChI is InChI=1S/C18H13ClF2N2O5/c1-27-16-6-5-9-10(17(16)23(25)26)3-2-4-15(9)22-28-18(24)11-7-13(20)14(21)8-12(11)19/h5-8H,2-4H2,1H3/b22-15+. The summed E-state index contributed by atoms with van der Waals surface area (Å²) in [6, 6.07) is 4.31. The second kappa shape index (κ2) is 7.89. The zero-order valence-electron chi connectivity index (χ0n) is 14.5. The molecule has 1 aliphatic carbocycles. The van der Waals surface area contributed by atoms with E-state index in [0.717, 1.165) is 0 Å². The van der Waals surface area contributed by atoms with Crippen LogP contribution in [-0.4, -0.2) is 23.7 Å². The second-order valence-corrected chi connectivity index (χ2v) is 6.32. The molecule has 0 atom stereocenters. The van der Waals surface area contributed by atoms with Gasteiger partial charge in [0, 0.05) is 11.1 Å². The maximum Gasteiger partial charge on any atom is 0.367 e. The Morgan fingerprint density at radius 1 is 1.25 bits per heavy atom. The van der Waals surface area contributed by atoms with Gasteiger partial charge in [0.1, 0.15) is 0 Å². The van der Waals surface area contributed by atoms with Crippen LogP contribution < -0.4 is 4.74 Å². The van der Waals surface area contributed by atoms with Crippen LogP contribution in [0.3, 0.4) is 0 Å². The summed E-state index contributed by atoms with van der Waals surface area (Å²) in [6.07, 6.45) is 1.39. The molecular formula is C18H13ClF2N2O5. The number of nitrogens with zero attached hydrogens (tertiary/aromatic N) is 2. The summed E-state index contributed by atoms with van der Waals surface area (Å²) in [5.74, 6) is -3.41. The van der Waals surface area contributed by atoms with Crippen LogP contribution in [0.4, 0.5) is 14.5 Å². The number of nitro benzene ring substituents is 1. The lowest BCUT2D eigenvalue weighted by Crippen LogP contribution is -2.16. The Morgan fingerprint density at radius 3 is 2.64 bits per heavy atom. The Labute approximate surface area is 162 Å². The van der Waals surface area contributed by atoms with E-state index in [1.807, 2.05) is 0 Å². The molecule has 28 heavy (non-hydrogen) atoms. The number of carbonyl (C=O) groups is 1. The molecule has 7 nitrogen and oxygen atoms in total. The molecule has 0 bridgehead atoms. The highest BCUT2D eigenvalue weighted by Gasteiger charge is 2.29. The Morgan fingerprint density at radius 2 is 1.96 bits per heavy atom. The molecular weight excluding hydrogens is 398 g/mol. The SMILES string of the molecule is COc1ccc2c(c1[N+](=O)[O-])CCC/C2=N\OC(=O)c1cc(F)c(F)cc1Cl. The van der Waals surface area contributed by atoms with Crippen molar-refractivity contribution >= 4 is 29.0 Å². The zero-order chi connectivity index (χ0) is 20.4. The molecule has 3 rings (SSSR count). The number of fused-ring (bicyclic) bond motifs is 1. The topological polar surface area (TPSA) is 91.0 Å². The van der Waals surface area contributed by atoms with E-state index >= 15 is 0 Å². The first kappa shape index (κ1) is 19.7. The third-order valence-electron chi connectivity index (χ3n) is 4.27. The maximum atomic E-state index is 13.4. The van der Waals surface area contributed by atoms with Crippen molar-refractivity contribution in [3.63, 3.8) is 0 Å². The predicted octanol–water partition coefficient (Wildman–Crippen LogP) is 4.43. The van der Waals surface area contributed by atoms with Crippen LogP contribution in [0.2, 0.25) is 5.02 Å². The minimum atomic E-state index is -1.25. The summed E-state index contributed by atoms with van der Waals surface area (Å²) in [5, 5.41) is 14.9. The molecule has 0 aromatic heterocycles. The van der Waals surface area contributed by atoms with Crippen molar-refractivity contribution in [2.24, 2.45) is 5.16 Å². The van der Waals surface area contributed by atoms with Crippen molar-refractivity contribution in [3.05, 3.63) is 67.7 Å². The first-order chi connectivity index (χ1) is 13.3. The van der Waals surface area contributed by atoms with Crippen LogP contribution in [0.5, 0.6) is 5.75 Å². The van der Waals surface area contributed by atoms with E-state index in [2.05, 4.69) is 5.16 Å². The first-order valence-corrected chi connectivity index (χ1v) is 8.48. The van der Waals surface area contributed by atoms with Gasteiger partial charge in [0.05, 0.1) is 28.3 Å². The van der Waals surface area contributed by atoms with Gasteiger partial charge in [0.2, 0.25) is 0 Å². The zero-order valence-corrected chi connectivity index (χ0v) is 15.3. The van der Waals surface area contributed by atoms with Gasteiger partial charge in [-0.05, 0) is 43.5 Å².